The summed E-state index contributed by atoms with van der Waals surface area (Å²) in [5.74, 6) is 0.499. The number of nitrogens with one attached hydrogen (secondary N) is 2. The molecule has 0 spiro atoms. The third-order valence-electron chi connectivity index (χ3n) is 2.37. The van der Waals surface area contributed by atoms with Gasteiger partial charge in [-0.3, -0.25) is 4.79 Å². The molecule has 1 aliphatic heterocycles. The fourth-order valence-corrected chi connectivity index (χ4v) is 1.55. The van der Waals surface area contributed by atoms with E-state index in [-0.39, 0.29) is 17.6 Å². The first-order chi connectivity index (χ1) is 7.79. The third kappa shape index (κ3) is 2.25. The number of piperidine rings is 1. The van der Waals surface area contributed by atoms with Gasteiger partial charge in [0.1, 0.15) is 17.9 Å². The van der Waals surface area contributed by atoms with Gasteiger partial charge in [-0.05, 0) is 12.8 Å². The maximum absolute atomic E-state index is 11.4. The molecule has 1 aromatic heterocycles. The van der Waals surface area contributed by atoms with Gasteiger partial charge >= 0.3 is 0 Å². The van der Waals surface area contributed by atoms with E-state index in [9.17, 15) is 4.79 Å². The van der Waals surface area contributed by atoms with Gasteiger partial charge in [0.15, 0.2) is 5.69 Å². The molecular weight excluding hydrogens is 206 g/mol. The molecule has 1 amide bonds. The molecule has 1 saturated heterocycles. The van der Waals surface area contributed by atoms with Gasteiger partial charge in [0.2, 0.25) is 5.91 Å². The number of hydrogen-bond acceptors (Lipinski definition) is 5. The summed E-state index contributed by atoms with van der Waals surface area (Å²) in [7, 11) is 0. The van der Waals surface area contributed by atoms with E-state index >= 15 is 0 Å². The molecule has 6 nitrogen and oxygen atoms in total. The van der Waals surface area contributed by atoms with Crippen LogP contribution in [0.15, 0.2) is 12.4 Å². The summed E-state index contributed by atoms with van der Waals surface area (Å²) < 4.78 is 0. The highest BCUT2D eigenvalue weighted by atomic mass is 16.2. The molecule has 2 N–H and O–H groups in total. The molecule has 0 bridgehead atoms. The smallest absolute Gasteiger partial charge is 0.242 e. The summed E-state index contributed by atoms with van der Waals surface area (Å²) in [4.78, 5) is 19.3. The predicted octanol–water partition coefficient (Wildman–Crippen LogP) is 0.0388. The number of nitriles is 1. The zero-order valence-corrected chi connectivity index (χ0v) is 8.60. The van der Waals surface area contributed by atoms with E-state index in [0.29, 0.717) is 5.82 Å². The molecule has 6 heteroatoms. The maximum atomic E-state index is 11.4. The highest BCUT2D eigenvalue weighted by molar-refractivity contribution is 5.84. The van der Waals surface area contributed by atoms with Gasteiger partial charge in [-0.25, -0.2) is 9.97 Å². The Morgan fingerprint density at radius 3 is 3.00 bits per heavy atom. The number of amides is 1. The quantitative estimate of drug-likeness (QED) is 0.729. The van der Waals surface area contributed by atoms with Crippen molar-refractivity contribution in [3.63, 3.8) is 0 Å². The standard InChI is InChI=1S/C10H11N5O/c11-4-7-5-14-9(6-13-7)15-8-2-1-3-12-10(8)16/h5-6,8H,1-3H2,(H,12,16)(H,14,15). The zero-order chi connectivity index (χ0) is 11.4. The first-order valence-electron chi connectivity index (χ1n) is 5.06. The number of hydrogen-bond donors (Lipinski definition) is 2. The molecule has 0 saturated carbocycles. The predicted molar refractivity (Wildman–Crippen MR) is 56.4 cm³/mol. The zero-order valence-electron chi connectivity index (χ0n) is 8.60. The lowest BCUT2D eigenvalue weighted by molar-refractivity contribution is -0.123. The van der Waals surface area contributed by atoms with Crippen molar-refractivity contribution in [2.45, 2.75) is 18.9 Å². The first-order valence-corrected chi connectivity index (χ1v) is 5.06. The van der Waals surface area contributed by atoms with Gasteiger partial charge in [0.05, 0.1) is 12.4 Å². The summed E-state index contributed by atoms with van der Waals surface area (Å²) in [6.07, 6.45) is 4.57. The van der Waals surface area contributed by atoms with Crippen LogP contribution in [0.4, 0.5) is 5.82 Å². The average molecular weight is 217 g/mol. The van der Waals surface area contributed by atoms with Crippen LogP contribution in [0.25, 0.3) is 0 Å². The highest BCUT2D eigenvalue weighted by Crippen LogP contribution is 2.09. The number of anilines is 1. The van der Waals surface area contributed by atoms with Crippen LogP contribution < -0.4 is 10.6 Å². The van der Waals surface area contributed by atoms with Crippen molar-refractivity contribution < 1.29 is 4.79 Å². The van der Waals surface area contributed by atoms with Gasteiger partial charge in [-0.2, -0.15) is 5.26 Å². The Morgan fingerprint density at radius 1 is 1.50 bits per heavy atom. The fraction of sp³-hybridized carbons (Fsp3) is 0.400. The molecular formula is C10H11N5O. The molecule has 1 unspecified atom stereocenters. The molecule has 0 aliphatic carbocycles. The average Bonchev–Trinajstić information content (AvgIpc) is 2.33. The van der Waals surface area contributed by atoms with Gasteiger partial charge in [0, 0.05) is 6.54 Å². The van der Waals surface area contributed by atoms with Crippen LogP contribution in [0.3, 0.4) is 0 Å². The lowest BCUT2D eigenvalue weighted by Gasteiger charge is -2.22. The lowest BCUT2D eigenvalue weighted by atomic mass is 10.1. The topological polar surface area (TPSA) is 90.7 Å². The Kier molecular flexibility index (Phi) is 2.96. The van der Waals surface area contributed by atoms with E-state index in [1.54, 1.807) is 0 Å². The SMILES string of the molecule is N#Cc1cnc(NC2CCCNC2=O)cn1. The lowest BCUT2D eigenvalue weighted by Crippen LogP contribution is -2.44. The maximum Gasteiger partial charge on any atom is 0.242 e. The summed E-state index contributed by atoms with van der Waals surface area (Å²) in [6.45, 7) is 0.732. The second-order valence-electron chi connectivity index (χ2n) is 3.53. The highest BCUT2D eigenvalue weighted by Gasteiger charge is 2.21. The number of nitrogens with zero attached hydrogens (tertiary/aromatic N) is 3. The fourth-order valence-electron chi connectivity index (χ4n) is 1.55. The second-order valence-corrected chi connectivity index (χ2v) is 3.53. The van der Waals surface area contributed by atoms with Gasteiger partial charge < -0.3 is 10.6 Å². The van der Waals surface area contributed by atoms with E-state index in [0.717, 1.165) is 19.4 Å². The van der Waals surface area contributed by atoms with Crippen LogP contribution in [0.1, 0.15) is 18.5 Å². The van der Waals surface area contributed by atoms with Gasteiger partial charge in [-0.1, -0.05) is 0 Å². The number of rotatable bonds is 2. The minimum atomic E-state index is -0.254. The normalized spacial score (nSPS) is 19.7. The molecule has 16 heavy (non-hydrogen) atoms. The van der Waals surface area contributed by atoms with Crippen molar-refractivity contribution in [1.82, 2.24) is 15.3 Å². The van der Waals surface area contributed by atoms with E-state index < -0.39 is 0 Å². The van der Waals surface area contributed by atoms with E-state index in [1.165, 1.54) is 12.4 Å². The van der Waals surface area contributed by atoms with E-state index in [2.05, 4.69) is 20.6 Å². The minimum Gasteiger partial charge on any atom is -0.357 e. The molecule has 1 atom stereocenters. The van der Waals surface area contributed by atoms with Crippen LogP contribution in [-0.2, 0) is 4.79 Å². The van der Waals surface area contributed by atoms with E-state index in [1.807, 2.05) is 6.07 Å². The van der Waals surface area contributed by atoms with Crippen molar-refractivity contribution in [3.8, 4) is 6.07 Å². The Morgan fingerprint density at radius 2 is 2.38 bits per heavy atom. The second kappa shape index (κ2) is 4.57. The first kappa shape index (κ1) is 10.4. The minimum absolute atomic E-state index is 0.0163. The number of carbonyl (C=O) groups excluding carboxylic acids is 1. The van der Waals surface area contributed by atoms with Crippen LogP contribution >= 0.6 is 0 Å². The van der Waals surface area contributed by atoms with Crippen LogP contribution in [0.2, 0.25) is 0 Å². The molecule has 82 valence electrons. The molecule has 1 fully saturated rings. The summed E-state index contributed by atoms with van der Waals surface area (Å²) in [6, 6.07) is 1.63. The molecule has 2 heterocycles. The molecule has 0 radical (unpaired) electrons. The Bertz CT molecular complexity index is 422. The summed E-state index contributed by atoms with van der Waals surface area (Å²) in [5, 5.41) is 14.3. The largest absolute Gasteiger partial charge is 0.357 e. The van der Waals surface area contributed by atoms with Crippen molar-refractivity contribution >= 4 is 11.7 Å². The van der Waals surface area contributed by atoms with E-state index in [4.69, 9.17) is 5.26 Å². The molecule has 2 rings (SSSR count). The van der Waals surface area contributed by atoms with Crippen molar-refractivity contribution in [1.29, 1.82) is 5.26 Å². The van der Waals surface area contributed by atoms with Crippen LogP contribution in [0.5, 0.6) is 0 Å². The number of carbonyl (C=O) groups is 1. The van der Waals surface area contributed by atoms with Gasteiger partial charge in [0.25, 0.3) is 0 Å². The Hall–Kier alpha value is -2.16. The van der Waals surface area contributed by atoms with Crippen molar-refractivity contribution in [2.75, 3.05) is 11.9 Å². The third-order valence-corrected chi connectivity index (χ3v) is 2.37. The van der Waals surface area contributed by atoms with Crippen LogP contribution in [-0.4, -0.2) is 28.5 Å². The Labute approximate surface area is 92.7 Å². The Balaban J connectivity index is 2.03. The van der Waals surface area contributed by atoms with Crippen molar-refractivity contribution in [2.24, 2.45) is 0 Å². The summed E-state index contributed by atoms with van der Waals surface area (Å²) in [5.41, 5.74) is 0.263. The summed E-state index contributed by atoms with van der Waals surface area (Å²) >= 11 is 0. The molecule has 0 aromatic carbocycles. The number of aromatic nitrogens is 2. The van der Waals surface area contributed by atoms with Crippen LogP contribution in [0, 0.1) is 11.3 Å². The molecule has 1 aliphatic rings. The molecule has 1 aromatic rings. The van der Waals surface area contributed by atoms with Gasteiger partial charge in [-0.15, -0.1) is 0 Å². The monoisotopic (exact) mass is 217 g/mol. The van der Waals surface area contributed by atoms with Crippen molar-refractivity contribution in [3.05, 3.63) is 18.1 Å².